The van der Waals surface area contributed by atoms with Crippen LogP contribution < -0.4 is 0 Å². The summed E-state index contributed by atoms with van der Waals surface area (Å²) in [6, 6.07) is 0. The molecule has 0 radical (unpaired) electrons. The van der Waals surface area contributed by atoms with Crippen molar-refractivity contribution < 1.29 is 5.11 Å². The van der Waals surface area contributed by atoms with Crippen LogP contribution in [0.4, 0.5) is 0 Å². The Hall–Kier alpha value is -0.0800. The van der Waals surface area contributed by atoms with Crippen LogP contribution in [0, 0.1) is 0 Å². The van der Waals surface area contributed by atoms with Crippen LogP contribution in [0.15, 0.2) is 0 Å². The smallest absolute Gasteiger partial charge is 0.144 e. The molecule has 0 aromatic rings. The van der Waals surface area contributed by atoms with E-state index in [1.165, 1.54) is 0 Å². The summed E-state index contributed by atoms with van der Waals surface area (Å²) in [5, 5.41) is 8.63. The van der Waals surface area contributed by atoms with Gasteiger partial charge in [0.2, 0.25) is 0 Å². The minimum absolute atomic E-state index is 0.250. The number of fused-ring (bicyclic) bond motifs is 1. The highest BCUT2D eigenvalue weighted by Gasteiger charge is 2.67. The zero-order valence-corrected chi connectivity index (χ0v) is 2.81. The number of nitrogens with zero attached hydrogens (tertiary/aromatic N) is 1. The maximum Gasteiger partial charge on any atom is 0.144 e. The van der Waals surface area contributed by atoms with Crippen molar-refractivity contribution in [3.05, 3.63) is 0 Å². The molecule has 2 aliphatic rings. The second kappa shape index (κ2) is 0.280. The summed E-state index contributed by atoms with van der Waals surface area (Å²) in [5.41, 5.74) is -0.250. The predicted molar refractivity (Wildman–Crippen MR) is 16.5 cm³/mol. The van der Waals surface area contributed by atoms with Crippen LogP contribution in [0.25, 0.3) is 0 Å². The molecule has 0 unspecified atom stereocenters. The molecule has 0 bridgehead atoms. The first-order valence-electron chi connectivity index (χ1n) is 1.79. The Labute approximate surface area is 30.0 Å². The van der Waals surface area contributed by atoms with Gasteiger partial charge in [0.15, 0.2) is 0 Å². The lowest BCUT2D eigenvalue weighted by atomic mass is 10.5. The molecule has 2 saturated heterocycles. The van der Waals surface area contributed by atoms with E-state index in [1.807, 2.05) is 4.90 Å². The van der Waals surface area contributed by atoms with Gasteiger partial charge in [-0.2, -0.15) is 0 Å². The summed E-state index contributed by atoms with van der Waals surface area (Å²) in [5.74, 6) is 0. The summed E-state index contributed by atoms with van der Waals surface area (Å²) >= 11 is 0. The van der Waals surface area contributed by atoms with E-state index >= 15 is 0 Å². The minimum Gasteiger partial charge on any atom is -0.373 e. The van der Waals surface area contributed by atoms with Gasteiger partial charge in [-0.1, -0.05) is 0 Å². The van der Waals surface area contributed by atoms with Crippen molar-refractivity contribution >= 4 is 0 Å². The number of rotatable bonds is 0. The summed E-state index contributed by atoms with van der Waals surface area (Å²) in [7, 11) is 0. The Morgan fingerprint density at radius 1 is 1.60 bits per heavy atom. The van der Waals surface area contributed by atoms with Gasteiger partial charge in [0.25, 0.3) is 0 Å². The summed E-state index contributed by atoms with van der Waals surface area (Å²) in [4.78, 5) is 1.99. The van der Waals surface area contributed by atoms with Crippen molar-refractivity contribution in [3.8, 4) is 0 Å². The van der Waals surface area contributed by atoms with E-state index in [0.29, 0.717) is 0 Å². The van der Waals surface area contributed by atoms with Crippen LogP contribution in [0.2, 0.25) is 0 Å². The topological polar surface area (TPSA) is 23.2 Å². The van der Waals surface area contributed by atoms with Crippen LogP contribution in [-0.2, 0) is 0 Å². The molecular weight excluding hydrogens is 66.0 g/mol. The van der Waals surface area contributed by atoms with Crippen molar-refractivity contribution in [3.63, 3.8) is 0 Å². The van der Waals surface area contributed by atoms with Crippen LogP contribution in [0.5, 0.6) is 0 Å². The van der Waals surface area contributed by atoms with Gasteiger partial charge in [-0.25, -0.2) is 0 Å². The van der Waals surface area contributed by atoms with Crippen molar-refractivity contribution in [2.45, 2.75) is 5.72 Å². The van der Waals surface area contributed by atoms with Gasteiger partial charge in [-0.3, -0.25) is 4.90 Å². The van der Waals surface area contributed by atoms with E-state index < -0.39 is 0 Å². The molecule has 5 heavy (non-hydrogen) atoms. The van der Waals surface area contributed by atoms with Crippen LogP contribution >= 0.6 is 0 Å². The van der Waals surface area contributed by atoms with Gasteiger partial charge in [-0.15, -0.1) is 0 Å². The third-order valence-electron chi connectivity index (χ3n) is 1.27. The molecule has 2 aliphatic heterocycles. The van der Waals surface area contributed by atoms with E-state index in [9.17, 15) is 0 Å². The molecule has 0 aromatic carbocycles. The Morgan fingerprint density at radius 2 is 1.80 bits per heavy atom. The maximum atomic E-state index is 8.63. The highest BCUT2D eigenvalue weighted by molar-refractivity contribution is 5.15. The summed E-state index contributed by atoms with van der Waals surface area (Å²) in [6.45, 7) is 1.88. The SMILES string of the molecule is OC12CN1C2. The molecule has 2 nitrogen and oxygen atoms in total. The fourth-order valence-corrected chi connectivity index (χ4v) is 0.494. The molecule has 0 aromatic heterocycles. The summed E-state index contributed by atoms with van der Waals surface area (Å²) in [6.07, 6.45) is 0. The van der Waals surface area contributed by atoms with Gasteiger partial charge in [-0.05, 0) is 0 Å². The van der Waals surface area contributed by atoms with Gasteiger partial charge >= 0.3 is 0 Å². The van der Waals surface area contributed by atoms with E-state index in [-0.39, 0.29) is 5.72 Å². The molecular formula is C3H5NO. The van der Waals surface area contributed by atoms with Gasteiger partial charge < -0.3 is 5.11 Å². The Bertz CT molecular complexity index is 75.0. The van der Waals surface area contributed by atoms with Crippen molar-refractivity contribution in [1.29, 1.82) is 0 Å². The molecule has 0 atom stereocenters. The van der Waals surface area contributed by atoms with E-state index in [0.717, 1.165) is 13.1 Å². The monoisotopic (exact) mass is 71.0 g/mol. The lowest BCUT2D eigenvalue weighted by molar-refractivity contribution is 0.224. The minimum atomic E-state index is -0.250. The molecule has 1 N–H and O–H groups in total. The Morgan fingerprint density at radius 3 is 1.80 bits per heavy atom. The summed E-state index contributed by atoms with van der Waals surface area (Å²) < 4.78 is 0. The van der Waals surface area contributed by atoms with E-state index in [1.54, 1.807) is 0 Å². The first kappa shape index (κ1) is 2.16. The fourth-order valence-electron chi connectivity index (χ4n) is 0.494. The van der Waals surface area contributed by atoms with Crippen molar-refractivity contribution in [1.82, 2.24) is 4.90 Å². The molecule has 28 valence electrons. The van der Waals surface area contributed by atoms with Crippen LogP contribution in [0.1, 0.15) is 0 Å². The van der Waals surface area contributed by atoms with E-state index in [4.69, 9.17) is 5.11 Å². The second-order valence-electron chi connectivity index (χ2n) is 1.84. The first-order valence-corrected chi connectivity index (χ1v) is 1.79. The Balaban J connectivity index is 2.37. The zero-order chi connectivity index (χ0) is 3.49. The van der Waals surface area contributed by atoms with Crippen LogP contribution in [-0.4, -0.2) is 28.8 Å². The fraction of sp³-hybridized carbons (Fsp3) is 1.00. The number of aliphatic hydroxyl groups is 1. The molecule has 0 aliphatic carbocycles. The molecule has 0 spiro atoms. The third kappa shape index (κ3) is 0.102. The first-order chi connectivity index (χ1) is 2.31. The standard InChI is InChI=1S/C3H5NO/c5-3-1-4(3)2-3/h5H,1-2H2. The van der Waals surface area contributed by atoms with Crippen LogP contribution in [0.3, 0.4) is 0 Å². The number of hydrogen-bond donors (Lipinski definition) is 1. The third-order valence-corrected chi connectivity index (χ3v) is 1.27. The lowest BCUT2D eigenvalue weighted by Crippen LogP contribution is -1.97. The van der Waals surface area contributed by atoms with Gasteiger partial charge in [0.1, 0.15) is 5.72 Å². The highest BCUT2D eigenvalue weighted by Crippen LogP contribution is 2.45. The van der Waals surface area contributed by atoms with Gasteiger partial charge in [0.05, 0.1) is 0 Å². The maximum absolute atomic E-state index is 8.63. The average Bonchev–Trinajstić information content (AvgIpc) is 1.74. The van der Waals surface area contributed by atoms with E-state index in [2.05, 4.69) is 0 Å². The Kier molecular flexibility index (Phi) is 0.121. The molecule has 2 heterocycles. The molecule has 2 heteroatoms. The van der Waals surface area contributed by atoms with Crippen molar-refractivity contribution in [2.75, 3.05) is 13.1 Å². The molecule has 2 rings (SSSR count). The van der Waals surface area contributed by atoms with Gasteiger partial charge in [0, 0.05) is 13.1 Å². The quantitative estimate of drug-likeness (QED) is 0.370. The predicted octanol–water partition coefficient (Wildman–Crippen LogP) is -0.996. The normalized spacial score (nSPS) is 70.2. The molecule has 0 saturated carbocycles. The molecule has 0 amide bonds. The second-order valence-corrected chi connectivity index (χ2v) is 1.84. The zero-order valence-electron chi connectivity index (χ0n) is 2.81. The largest absolute Gasteiger partial charge is 0.373 e. The number of hydrogen-bond acceptors (Lipinski definition) is 2. The molecule has 2 fully saturated rings. The van der Waals surface area contributed by atoms with Crippen molar-refractivity contribution in [2.24, 2.45) is 0 Å². The average molecular weight is 71.1 g/mol. The highest BCUT2D eigenvalue weighted by atomic mass is 16.4. The lowest BCUT2D eigenvalue weighted by Gasteiger charge is -1.74.